The molecule has 1 aliphatic heterocycles. The van der Waals surface area contributed by atoms with E-state index in [9.17, 15) is 0 Å². The Labute approximate surface area is 196 Å². The zero-order chi connectivity index (χ0) is 17.3. The molecule has 2 N–H and O–H groups in total. The smallest absolute Gasteiger partial charge is 0.523 e. The summed E-state index contributed by atoms with van der Waals surface area (Å²) >= 11 is 6.07. The topological polar surface area (TPSA) is 38.5 Å². The Morgan fingerprint density at radius 1 is 1.32 bits per heavy atom. The van der Waals surface area contributed by atoms with Gasteiger partial charge in [0.15, 0.2) is 0 Å². The van der Waals surface area contributed by atoms with Gasteiger partial charge in [0.25, 0.3) is 0 Å². The average Bonchev–Trinajstić information content (AvgIpc) is 2.69. The second-order valence-corrected chi connectivity index (χ2v) is 8.48. The summed E-state index contributed by atoms with van der Waals surface area (Å²) in [5.41, 5.74) is 9.40. The van der Waals surface area contributed by atoms with E-state index in [4.69, 9.17) is 10.5 Å². The first-order valence-electron chi connectivity index (χ1n) is 8.43. The maximum Gasteiger partial charge on any atom is 2.00 e. The molecule has 1 atom stereocenters. The number of hydrogen-bond acceptors (Lipinski definition) is 3. The molecule has 3 nitrogen and oxygen atoms in total. The van der Waals surface area contributed by atoms with Crippen LogP contribution in [0.15, 0.2) is 39.7 Å². The van der Waals surface area contributed by atoms with E-state index in [1.165, 1.54) is 15.8 Å². The fourth-order valence-corrected chi connectivity index (χ4v) is 4.76. The first-order valence-corrected chi connectivity index (χ1v) is 10.3. The predicted molar refractivity (Wildman–Crippen MR) is 112 cm³/mol. The van der Waals surface area contributed by atoms with Gasteiger partial charge < -0.3 is 15.4 Å². The van der Waals surface area contributed by atoms with Gasteiger partial charge in [-0.2, -0.15) is 6.92 Å². The zero-order valence-corrected chi connectivity index (χ0v) is 22.5. The summed E-state index contributed by atoms with van der Waals surface area (Å²) < 4.78 is 8.61. The largest absolute Gasteiger partial charge is 2.00 e. The van der Waals surface area contributed by atoms with Crippen molar-refractivity contribution < 1.29 is 35.9 Å². The molecule has 0 saturated heterocycles. The first kappa shape index (κ1) is 21.7. The van der Waals surface area contributed by atoms with Crippen LogP contribution < -0.4 is 10.5 Å². The van der Waals surface area contributed by atoms with E-state index in [1.807, 2.05) is 18.2 Å². The third-order valence-electron chi connectivity index (χ3n) is 4.72. The van der Waals surface area contributed by atoms with Crippen LogP contribution in [-0.4, -0.2) is 10.9 Å². The quantitative estimate of drug-likeness (QED) is 0.236. The number of rotatable bonds is 3. The number of halogens is 2. The summed E-state index contributed by atoms with van der Waals surface area (Å²) in [6, 6.07) is 6.37. The minimum atomic E-state index is 0. The minimum absolute atomic E-state index is 0. The fourth-order valence-electron chi connectivity index (χ4n) is 3.51. The van der Waals surface area contributed by atoms with Crippen LogP contribution in [0.4, 0.5) is 5.69 Å². The third-order valence-corrected chi connectivity index (χ3v) is 6.32. The Bertz CT molecular complexity index is 705. The number of hydrogen-bond donors (Lipinski definition) is 1. The third kappa shape index (κ3) is 4.80. The minimum Gasteiger partial charge on any atom is -0.523 e. The molecule has 1 aromatic rings. The molecule has 0 amide bonds. The van der Waals surface area contributed by atoms with Gasteiger partial charge >= 0.3 is 31.1 Å². The van der Waals surface area contributed by atoms with Gasteiger partial charge in [-0.15, -0.1) is 0 Å². The van der Waals surface area contributed by atoms with E-state index in [2.05, 4.69) is 63.8 Å². The van der Waals surface area contributed by atoms with E-state index < -0.39 is 0 Å². The van der Waals surface area contributed by atoms with Gasteiger partial charge in [-0.1, -0.05) is 15.9 Å². The molecule has 0 saturated carbocycles. The molecule has 0 radical (unpaired) electrons. The van der Waals surface area contributed by atoms with Gasteiger partial charge in [0, 0.05) is 15.7 Å². The molecule has 1 heterocycles. The molecular weight excluding hydrogens is 717 g/mol. The number of nitrogen functional groups attached to an aromatic ring is 1. The SMILES string of the molecule is C[CH-]N1C2=C(CCC1C)C(Oc1ccc(N)cc1I)=C(Br)CCC2.[U+2]. The Morgan fingerprint density at radius 2 is 2.08 bits per heavy atom. The summed E-state index contributed by atoms with van der Waals surface area (Å²) in [4.78, 5) is 2.43. The Morgan fingerprint density at radius 3 is 2.76 bits per heavy atom. The van der Waals surface area contributed by atoms with Gasteiger partial charge in [-0.3, -0.25) is 0 Å². The van der Waals surface area contributed by atoms with Crippen molar-refractivity contribution in [2.75, 3.05) is 5.73 Å². The van der Waals surface area contributed by atoms with Gasteiger partial charge in [-0.05, 0) is 91.6 Å². The number of nitrogens with zero attached hydrogens (tertiary/aromatic N) is 1. The van der Waals surface area contributed by atoms with Crippen LogP contribution in [0.3, 0.4) is 0 Å². The van der Waals surface area contributed by atoms with Gasteiger partial charge in [0.1, 0.15) is 11.5 Å². The van der Waals surface area contributed by atoms with Crippen molar-refractivity contribution in [1.82, 2.24) is 4.90 Å². The molecule has 132 valence electrons. The number of nitrogens with two attached hydrogens (primary N) is 1. The summed E-state index contributed by atoms with van der Waals surface area (Å²) in [6.07, 6.45) is 5.47. The molecule has 25 heavy (non-hydrogen) atoms. The van der Waals surface area contributed by atoms with Crippen LogP contribution in [0.25, 0.3) is 0 Å². The van der Waals surface area contributed by atoms with Crippen molar-refractivity contribution >= 4 is 44.2 Å². The number of benzene rings is 1. The van der Waals surface area contributed by atoms with Crippen molar-refractivity contribution in [3.63, 3.8) is 0 Å². The van der Waals surface area contributed by atoms with Crippen molar-refractivity contribution in [2.24, 2.45) is 0 Å². The predicted octanol–water partition coefficient (Wildman–Crippen LogP) is 5.96. The standard InChI is InChI=1S/C19H23BrIN2O.U/c1-3-23-12(2)7-9-14-17(23)6-4-5-15(20)19(14)24-18-10-8-13(22)11-16(18)21;/h3,8,10-12H,4-7,9,22H2,1-2H3;/q-1;+2. The summed E-state index contributed by atoms with van der Waals surface area (Å²) in [6.45, 7) is 6.64. The fraction of sp³-hybridized carbons (Fsp3) is 0.421. The van der Waals surface area contributed by atoms with Crippen LogP contribution in [-0.2, 0) is 0 Å². The van der Waals surface area contributed by atoms with Crippen molar-refractivity contribution in [3.05, 3.63) is 49.8 Å². The van der Waals surface area contributed by atoms with E-state index in [0.29, 0.717) is 6.04 Å². The number of ether oxygens (including phenoxy) is 1. The van der Waals surface area contributed by atoms with Crippen LogP contribution in [0.5, 0.6) is 5.75 Å². The molecular formula is C19H23BrIN2OU+. The molecule has 0 bridgehead atoms. The molecule has 3 rings (SSSR count). The van der Waals surface area contributed by atoms with Crippen molar-refractivity contribution in [3.8, 4) is 5.75 Å². The maximum absolute atomic E-state index is 6.40. The molecule has 0 spiro atoms. The monoisotopic (exact) mass is 739 g/mol. The van der Waals surface area contributed by atoms with E-state index >= 15 is 0 Å². The number of allylic oxidation sites excluding steroid dienone is 3. The Kier molecular flexibility index (Phi) is 8.25. The number of anilines is 1. The molecule has 1 unspecified atom stereocenters. The maximum atomic E-state index is 6.40. The van der Waals surface area contributed by atoms with Gasteiger partial charge in [0.05, 0.1) is 3.57 Å². The molecule has 1 aliphatic carbocycles. The molecule has 0 aromatic heterocycles. The van der Waals surface area contributed by atoms with Crippen molar-refractivity contribution in [2.45, 2.75) is 52.0 Å². The normalized spacial score (nSPS) is 20.8. The van der Waals surface area contributed by atoms with Crippen molar-refractivity contribution in [1.29, 1.82) is 0 Å². The van der Waals surface area contributed by atoms with Gasteiger partial charge in [0.2, 0.25) is 0 Å². The van der Waals surface area contributed by atoms with E-state index in [1.54, 1.807) is 0 Å². The molecule has 0 fully saturated rings. The second kappa shape index (κ2) is 9.53. The summed E-state index contributed by atoms with van der Waals surface area (Å²) in [7, 11) is 0. The second-order valence-electron chi connectivity index (χ2n) is 6.36. The van der Waals surface area contributed by atoms with Crippen LogP contribution in [0.2, 0.25) is 0 Å². The van der Waals surface area contributed by atoms with Gasteiger partial charge in [-0.25, -0.2) is 6.54 Å². The molecule has 1 aromatic carbocycles. The molecule has 2 aliphatic rings. The first-order chi connectivity index (χ1) is 11.5. The molecule has 6 heteroatoms. The Hall–Kier alpha value is 0.362. The van der Waals surface area contributed by atoms with E-state index in [-0.39, 0.29) is 31.1 Å². The Balaban J connectivity index is 0.00000225. The summed E-state index contributed by atoms with van der Waals surface area (Å²) in [5, 5.41) is 0. The van der Waals surface area contributed by atoms with Crippen LogP contribution >= 0.6 is 38.5 Å². The van der Waals surface area contributed by atoms with Crippen LogP contribution in [0, 0.1) is 41.2 Å². The van der Waals surface area contributed by atoms with E-state index in [0.717, 1.165) is 52.9 Å². The van der Waals surface area contributed by atoms with Crippen LogP contribution in [0.1, 0.15) is 46.0 Å². The summed E-state index contributed by atoms with van der Waals surface area (Å²) in [5.74, 6) is 1.88. The zero-order valence-electron chi connectivity index (χ0n) is 14.6. The average molecular weight is 740 g/mol.